The second-order valence-electron chi connectivity index (χ2n) is 6.18. The maximum absolute atomic E-state index is 12.1. The number of likely N-dealkylation sites (tertiary alicyclic amines) is 1. The van der Waals surface area contributed by atoms with Crippen LogP contribution in [-0.4, -0.2) is 37.0 Å². The SMILES string of the molecule is CC1CCN(CCNC(=O)C2(C#N)CCCC2)CC1. The number of nitriles is 1. The number of amides is 1. The van der Waals surface area contributed by atoms with Gasteiger partial charge in [-0.05, 0) is 44.7 Å². The molecule has 0 aromatic heterocycles. The van der Waals surface area contributed by atoms with Crippen molar-refractivity contribution in [3.8, 4) is 6.07 Å². The number of rotatable bonds is 4. The van der Waals surface area contributed by atoms with Gasteiger partial charge in [0, 0.05) is 13.1 Å². The van der Waals surface area contributed by atoms with Crippen molar-refractivity contribution < 1.29 is 4.79 Å². The lowest BCUT2D eigenvalue weighted by molar-refractivity contribution is -0.128. The zero-order chi connectivity index (χ0) is 13.7. The zero-order valence-electron chi connectivity index (χ0n) is 12.0. The average molecular weight is 263 g/mol. The number of hydrogen-bond donors (Lipinski definition) is 1. The number of carbonyl (C=O) groups excluding carboxylic acids is 1. The van der Waals surface area contributed by atoms with Gasteiger partial charge in [-0.3, -0.25) is 4.79 Å². The van der Waals surface area contributed by atoms with E-state index in [9.17, 15) is 10.1 Å². The van der Waals surface area contributed by atoms with Crippen molar-refractivity contribution in [3.05, 3.63) is 0 Å². The molecule has 4 heteroatoms. The lowest BCUT2D eigenvalue weighted by atomic mass is 9.87. The van der Waals surface area contributed by atoms with Crippen molar-refractivity contribution in [2.45, 2.75) is 45.4 Å². The summed E-state index contributed by atoms with van der Waals surface area (Å²) < 4.78 is 0. The molecule has 0 radical (unpaired) electrons. The minimum atomic E-state index is -0.726. The van der Waals surface area contributed by atoms with Crippen LogP contribution < -0.4 is 5.32 Å². The van der Waals surface area contributed by atoms with E-state index in [1.54, 1.807) is 0 Å². The standard InChI is InChI=1S/C15H25N3O/c1-13-4-9-18(10-5-13)11-8-17-14(19)15(12-16)6-2-3-7-15/h13H,2-11H2,1H3,(H,17,19). The Morgan fingerprint density at radius 2 is 2.00 bits per heavy atom. The Morgan fingerprint density at radius 3 is 2.58 bits per heavy atom. The van der Waals surface area contributed by atoms with Gasteiger partial charge in [-0.25, -0.2) is 0 Å². The molecule has 106 valence electrons. The predicted octanol–water partition coefficient (Wildman–Crippen LogP) is 1.92. The third-order valence-electron chi connectivity index (χ3n) is 4.70. The summed E-state index contributed by atoms with van der Waals surface area (Å²) in [5.74, 6) is 0.795. The van der Waals surface area contributed by atoms with Gasteiger partial charge in [0.25, 0.3) is 0 Å². The van der Waals surface area contributed by atoms with Gasteiger partial charge in [0.05, 0.1) is 6.07 Å². The summed E-state index contributed by atoms with van der Waals surface area (Å²) in [7, 11) is 0. The number of hydrogen-bond acceptors (Lipinski definition) is 3. The highest BCUT2D eigenvalue weighted by atomic mass is 16.2. The van der Waals surface area contributed by atoms with Crippen LogP contribution in [0.15, 0.2) is 0 Å². The highest BCUT2D eigenvalue weighted by molar-refractivity contribution is 5.85. The molecule has 2 fully saturated rings. The molecule has 0 unspecified atom stereocenters. The van der Waals surface area contributed by atoms with Crippen LogP contribution in [0.5, 0.6) is 0 Å². The molecule has 1 amide bonds. The summed E-state index contributed by atoms with van der Waals surface area (Å²) in [5, 5.41) is 12.2. The number of carbonyl (C=O) groups is 1. The topological polar surface area (TPSA) is 56.1 Å². The van der Waals surface area contributed by atoms with E-state index in [4.69, 9.17) is 0 Å². The summed E-state index contributed by atoms with van der Waals surface area (Å²) >= 11 is 0. The molecule has 2 aliphatic rings. The Kier molecular flexibility index (Phi) is 4.81. The first kappa shape index (κ1) is 14.3. The van der Waals surface area contributed by atoms with Gasteiger partial charge >= 0.3 is 0 Å². The van der Waals surface area contributed by atoms with E-state index >= 15 is 0 Å². The van der Waals surface area contributed by atoms with Crippen molar-refractivity contribution in [2.24, 2.45) is 11.3 Å². The zero-order valence-corrected chi connectivity index (χ0v) is 12.0. The fourth-order valence-corrected chi connectivity index (χ4v) is 3.15. The Balaban J connectivity index is 1.71. The van der Waals surface area contributed by atoms with E-state index in [0.717, 1.165) is 51.2 Å². The van der Waals surface area contributed by atoms with Gasteiger partial charge in [0.2, 0.25) is 5.91 Å². The number of nitrogens with zero attached hydrogens (tertiary/aromatic N) is 2. The molecule has 1 saturated heterocycles. The maximum Gasteiger partial charge on any atom is 0.240 e. The van der Waals surface area contributed by atoms with Gasteiger partial charge < -0.3 is 10.2 Å². The number of nitrogens with one attached hydrogen (secondary N) is 1. The van der Waals surface area contributed by atoms with E-state index in [1.165, 1.54) is 12.8 Å². The highest BCUT2D eigenvalue weighted by Gasteiger charge is 2.41. The summed E-state index contributed by atoms with van der Waals surface area (Å²) in [6, 6.07) is 2.25. The minimum Gasteiger partial charge on any atom is -0.353 e. The van der Waals surface area contributed by atoms with Gasteiger partial charge in [0.15, 0.2) is 0 Å². The summed E-state index contributed by atoms with van der Waals surface area (Å²) in [5.41, 5.74) is -0.726. The van der Waals surface area contributed by atoms with Crippen LogP contribution in [0.2, 0.25) is 0 Å². The summed E-state index contributed by atoms with van der Waals surface area (Å²) in [6.07, 6.45) is 6.00. The van der Waals surface area contributed by atoms with Crippen molar-refractivity contribution in [2.75, 3.05) is 26.2 Å². The third-order valence-corrected chi connectivity index (χ3v) is 4.70. The normalized spacial score (nSPS) is 24.0. The minimum absolute atomic E-state index is 0.0436. The lowest BCUT2D eigenvalue weighted by Gasteiger charge is -2.30. The first-order valence-corrected chi connectivity index (χ1v) is 7.58. The van der Waals surface area contributed by atoms with E-state index in [1.807, 2.05) is 0 Å². The maximum atomic E-state index is 12.1. The molecule has 19 heavy (non-hydrogen) atoms. The van der Waals surface area contributed by atoms with Crippen molar-refractivity contribution >= 4 is 5.91 Å². The monoisotopic (exact) mass is 263 g/mol. The molecule has 4 nitrogen and oxygen atoms in total. The first-order valence-electron chi connectivity index (χ1n) is 7.58. The molecule has 1 aliphatic heterocycles. The van der Waals surface area contributed by atoms with E-state index < -0.39 is 5.41 Å². The molecule has 0 aromatic rings. The van der Waals surface area contributed by atoms with Crippen molar-refractivity contribution in [1.29, 1.82) is 5.26 Å². The van der Waals surface area contributed by atoms with Crippen molar-refractivity contribution in [3.63, 3.8) is 0 Å². The second kappa shape index (κ2) is 6.38. The molecule has 2 rings (SSSR count). The quantitative estimate of drug-likeness (QED) is 0.843. The van der Waals surface area contributed by atoms with Crippen LogP contribution >= 0.6 is 0 Å². The molecular weight excluding hydrogens is 238 g/mol. The van der Waals surface area contributed by atoms with Crippen LogP contribution in [0, 0.1) is 22.7 Å². The first-order chi connectivity index (χ1) is 9.16. The van der Waals surface area contributed by atoms with Gasteiger partial charge in [-0.1, -0.05) is 19.8 Å². The van der Waals surface area contributed by atoms with Crippen LogP contribution in [0.3, 0.4) is 0 Å². The molecule has 1 N–H and O–H groups in total. The lowest BCUT2D eigenvalue weighted by Crippen LogP contribution is -2.43. The molecule has 1 heterocycles. The largest absolute Gasteiger partial charge is 0.353 e. The Morgan fingerprint density at radius 1 is 1.37 bits per heavy atom. The van der Waals surface area contributed by atoms with E-state index in [0.29, 0.717) is 6.54 Å². The van der Waals surface area contributed by atoms with Gasteiger partial charge in [0.1, 0.15) is 5.41 Å². The van der Waals surface area contributed by atoms with Gasteiger partial charge in [-0.15, -0.1) is 0 Å². The Bertz CT molecular complexity index is 347. The number of piperidine rings is 1. The second-order valence-corrected chi connectivity index (χ2v) is 6.18. The molecular formula is C15H25N3O. The van der Waals surface area contributed by atoms with Crippen LogP contribution in [-0.2, 0) is 4.79 Å². The molecule has 1 saturated carbocycles. The molecule has 1 aliphatic carbocycles. The van der Waals surface area contributed by atoms with E-state index in [-0.39, 0.29) is 5.91 Å². The average Bonchev–Trinajstić information content (AvgIpc) is 2.91. The molecule has 0 spiro atoms. The fraction of sp³-hybridized carbons (Fsp3) is 0.867. The van der Waals surface area contributed by atoms with Crippen molar-refractivity contribution in [1.82, 2.24) is 10.2 Å². The van der Waals surface area contributed by atoms with E-state index in [2.05, 4.69) is 23.2 Å². The molecule has 0 atom stereocenters. The summed E-state index contributed by atoms with van der Waals surface area (Å²) in [4.78, 5) is 14.6. The smallest absolute Gasteiger partial charge is 0.240 e. The Hall–Kier alpha value is -1.08. The molecule has 0 bridgehead atoms. The van der Waals surface area contributed by atoms with Crippen LogP contribution in [0.4, 0.5) is 0 Å². The molecule has 0 aromatic carbocycles. The van der Waals surface area contributed by atoms with Crippen LogP contribution in [0.1, 0.15) is 45.4 Å². The highest BCUT2D eigenvalue weighted by Crippen LogP contribution is 2.37. The summed E-state index contributed by atoms with van der Waals surface area (Å²) in [6.45, 7) is 6.17. The fourth-order valence-electron chi connectivity index (χ4n) is 3.15. The third kappa shape index (κ3) is 3.48. The Labute approximate surface area is 116 Å². The van der Waals surface area contributed by atoms with Gasteiger partial charge in [-0.2, -0.15) is 5.26 Å². The predicted molar refractivity (Wildman–Crippen MR) is 74.4 cm³/mol. The van der Waals surface area contributed by atoms with Crippen LogP contribution in [0.25, 0.3) is 0 Å².